The van der Waals surface area contributed by atoms with Crippen molar-refractivity contribution in [2.24, 2.45) is 0 Å². The maximum atomic E-state index is 11.2. The van der Waals surface area contributed by atoms with Gasteiger partial charge < -0.3 is 15.5 Å². The zero-order valence-corrected chi connectivity index (χ0v) is 10.4. The van der Waals surface area contributed by atoms with Crippen molar-refractivity contribution < 1.29 is 19.8 Å². The number of aliphatic hydroxyl groups is 1. The maximum Gasteiger partial charge on any atom is 0.332 e. The highest BCUT2D eigenvalue weighted by molar-refractivity contribution is 8.00. The number of fused-ring (bicyclic) bond motifs is 1. The summed E-state index contributed by atoms with van der Waals surface area (Å²) in [4.78, 5) is 22.7. The molecule has 3 N–H and O–H groups in total. The zero-order chi connectivity index (χ0) is 13.1. The fraction of sp³-hybridized carbons (Fsp3) is 0.333. The van der Waals surface area contributed by atoms with Crippen LogP contribution in [0.2, 0.25) is 0 Å². The average Bonchev–Trinajstić information content (AvgIpc) is 2.35. The van der Waals surface area contributed by atoms with Gasteiger partial charge >= 0.3 is 5.97 Å². The van der Waals surface area contributed by atoms with Crippen molar-refractivity contribution in [1.82, 2.24) is 0 Å². The first kappa shape index (κ1) is 12.9. The Morgan fingerprint density at radius 1 is 1.50 bits per heavy atom. The van der Waals surface area contributed by atoms with Crippen LogP contribution in [0.25, 0.3) is 0 Å². The highest BCUT2D eigenvalue weighted by Crippen LogP contribution is 2.32. The van der Waals surface area contributed by atoms with E-state index in [-0.39, 0.29) is 12.3 Å². The summed E-state index contributed by atoms with van der Waals surface area (Å²) in [6, 6.07) is 5.62. The molecule has 0 radical (unpaired) electrons. The van der Waals surface area contributed by atoms with E-state index in [2.05, 4.69) is 5.32 Å². The first-order chi connectivity index (χ1) is 8.56. The first-order valence-electron chi connectivity index (χ1n) is 5.52. The number of carbonyl (C=O) groups excluding carboxylic acids is 1. The van der Waals surface area contributed by atoms with Crippen LogP contribution in [0.1, 0.15) is 12.0 Å². The van der Waals surface area contributed by atoms with E-state index in [4.69, 9.17) is 5.11 Å². The van der Waals surface area contributed by atoms with Gasteiger partial charge in [0.1, 0.15) is 0 Å². The van der Waals surface area contributed by atoms with Crippen molar-refractivity contribution in [3.63, 3.8) is 0 Å². The Hall–Kier alpha value is -1.53. The van der Waals surface area contributed by atoms with Gasteiger partial charge in [0.2, 0.25) is 5.91 Å². The van der Waals surface area contributed by atoms with E-state index in [0.717, 1.165) is 16.1 Å². The van der Waals surface area contributed by atoms with Crippen LogP contribution < -0.4 is 5.32 Å². The molecule has 18 heavy (non-hydrogen) atoms. The summed E-state index contributed by atoms with van der Waals surface area (Å²) in [6.07, 6.45) is -0.721. The molecule has 0 aromatic heterocycles. The van der Waals surface area contributed by atoms with Crippen LogP contribution in [-0.2, 0) is 16.0 Å². The molecule has 5 nitrogen and oxygen atoms in total. The highest BCUT2D eigenvalue weighted by Gasteiger charge is 2.16. The van der Waals surface area contributed by atoms with Crippen molar-refractivity contribution in [3.8, 4) is 0 Å². The fourth-order valence-corrected chi connectivity index (χ4v) is 2.50. The second-order valence-corrected chi connectivity index (χ2v) is 5.08. The van der Waals surface area contributed by atoms with Crippen molar-refractivity contribution in [2.45, 2.75) is 23.8 Å². The summed E-state index contributed by atoms with van der Waals surface area (Å²) in [5.74, 6) is -0.823. The summed E-state index contributed by atoms with van der Waals surface area (Å²) >= 11 is 1.48. The number of hydrogen-bond acceptors (Lipinski definition) is 4. The van der Waals surface area contributed by atoms with Crippen LogP contribution in [0.5, 0.6) is 0 Å². The predicted molar refractivity (Wildman–Crippen MR) is 67.8 cm³/mol. The second kappa shape index (κ2) is 5.41. The Bertz CT molecular complexity index is 489. The first-order valence-corrected chi connectivity index (χ1v) is 6.51. The number of carbonyl (C=O) groups is 2. The van der Waals surface area contributed by atoms with Crippen LogP contribution in [0, 0.1) is 0 Å². The van der Waals surface area contributed by atoms with Crippen LogP contribution in [-0.4, -0.2) is 33.9 Å². The van der Waals surface area contributed by atoms with Crippen LogP contribution in [0.3, 0.4) is 0 Å². The van der Waals surface area contributed by atoms with E-state index in [1.54, 1.807) is 0 Å². The third kappa shape index (κ3) is 3.02. The molecule has 0 bridgehead atoms. The molecule has 1 atom stereocenters. The van der Waals surface area contributed by atoms with E-state index in [1.165, 1.54) is 11.8 Å². The molecule has 0 saturated heterocycles. The number of thioether (sulfide) groups is 1. The number of aliphatic hydroxyl groups excluding tert-OH is 1. The number of carboxylic acid groups (broad SMARTS) is 1. The van der Waals surface area contributed by atoms with Crippen LogP contribution in [0.4, 0.5) is 5.69 Å². The van der Waals surface area contributed by atoms with E-state index in [9.17, 15) is 14.7 Å². The minimum absolute atomic E-state index is 0.0322. The lowest BCUT2D eigenvalue weighted by atomic mass is 10.1. The predicted octanol–water partition coefficient (Wildman–Crippen LogP) is 1.11. The van der Waals surface area contributed by atoms with Gasteiger partial charge in [0.05, 0.1) is 11.4 Å². The van der Waals surface area contributed by atoms with Gasteiger partial charge in [-0.1, -0.05) is 6.07 Å². The van der Waals surface area contributed by atoms with Crippen LogP contribution >= 0.6 is 11.8 Å². The third-order valence-corrected chi connectivity index (χ3v) is 3.74. The largest absolute Gasteiger partial charge is 0.479 e. The van der Waals surface area contributed by atoms with Gasteiger partial charge in [-0.2, -0.15) is 0 Å². The molecule has 1 aliphatic rings. The number of hydrogen-bond donors (Lipinski definition) is 3. The zero-order valence-electron chi connectivity index (χ0n) is 9.55. The molecule has 0 saturated carbocycles. The lowest BCUT2D eigenvalue weighted by Crippen LogP contribution is -2.20. The Balaban J connectivity index is 2.04. The molecule has 1 aromatic carbocycles. The molecule has 0 aliphatic carbocycles. The normalized spacial score (nSPS) is 15.7. The van der Waals surface area contributed by atoms with Crippen LogP contribution in [0.15, 0.2) is 23.1 Å². The standard InChI is InChI=1S/C12H13NO4S/c14-9(12(16)17)3-1-7-2-4-10-8(5-7)13-11(15)6-18-10/h2,4-5,9,14H,1,3,6H2,(H,13,15)(H,16,17). The Morgan fingerprint density at radius 2 is 2.28 bits per heavy atom. The molecule has 1 aromatic rings. The van der Waals surface area contributed by atoms with Gasteiger partial charge in [-0.25, -0.2) is 4.79 Å². The van der Waals surface area contributed by atoms with E-state index < -0.39 is 12.1 Å². The number of aryl methyl sites for hydroxylation is 1. The van der Waals surface area contributed by atoms with Gasteiger partial charge in [-0.15, -0.1) is 11.8 Å². The van der Waals surface area contributed by atoms with E-state index in [1.807, 2.05) is 18.2 Å². The minimum atomic E-state index is -1.34. The molecule has 0 fully saturated rings. The molecule has 1 unspecified atom stereocenters. The topological polar surface area (TPSA) is 86.6 Å². The van der Waals surface area contributed by atoms with Gasteiger partial charge in [0, 0.05) is 4.90 Å². The van der Waals surface area contributed by atoms with E-state index in [0.29, 0.717) is 12.2 Å². The summed E-state index contributed by atoms with van der Waals surface area (Å²) in [7, 11) is 0. The molecular formula is C12H13NO4S. The third-order valence-electron chi connectivity index (χ3n) is 2.67. The Kier molecular flexibility index (Phi) is 3.88. The van der Waals surface area contributed by atoms with Gasteiger partial charge in [-0.05, 0) is 30.5 Å². The molecule has 6 heteroatoms. The Labute approximate surface area is 108 Å². The smallest absolute Gasteiger partial charge is 0.332 e. The summed E-state index contributed by atoms with van der Waals surface area (Å²) in [5, 5.41) is 20.5. The number of aliphatic carboxylic acids is 1. The molecule has 2 rings (SSSR count). The fourth-order valence-electron chi connectivity index (χ4n) is 1.71. The molecule has 1 heterocycles. The molecular weight excluding hydrogens is 254 g/mol. The monoisotopic (exact) mass is 267 g/mol. The summed E-state index contributed by atoms with van der Waals surface area (Å²) in [6.45, 7) is 0. The van der Waals surface area contributed by atoms with E-state index >= 15 is 0 Å². The molecule has 96 valence electrons. The number of benzene rings is 1. The SMILES string of the molecule is O=C1CSc2ccc(CCC(O)C(=O)O)cc2N1. The van der Waals surface area contributed by atoms with Gasteiger partial charge in [0.15, 0.2) is 6.10 Å². The number of amides is 1. The highest BCUT2D eigenvalue weighted by atomic mass is 32.2. The summed E-state index contributed by atoms with van der Waals surface area (Å²) in [5.41, 5.74) is 1.66. The quantitative estimate of drug-likeness (QED) is 0.760. The molecule has 1 aliphatic heterocycles. The minimum Gasteiger partial charge on any atom is -0.479 e. The number of anilines is 1. The molecule has 0 spiro atoms. The van der Waals surface area contributed by atoms with Gasteiger partial charge in [-0.3, -0.25) is 4.79 Å². The van der Waals surface area contributed by atoms with Crippen molar-refractivity contribution in [3.05, 3.63) is 23.8 Å². The molecule has 1 amide bonds. The summed E-state index contributed by atoms with van der Waals surface area (Å²) < 4.78 is 0. The second-order valence-electron chi connectivity index (χ2n) is 4.06. The van der Waals surface area contributed by atoms with Crippen molar-refractivity contribution >= 4 is 29.3 Å². The number of rotatable bonds is 4. The average molecular weight is 267 g/mol. The van der Waals surface area contributed by atoms with Crippen molar-refractivity contribution in [2.75, 3.05) is 11.1 Å². The lowest BCUT2D eigenvalue weighted by Gasteiger charge is -2.17. The lowest BCUT2D eigenvalue weighted by molar-refractivity contribution is -0.146. The number of nitrogens with one attached hydrogen (secondary N) is 1. The van der Waals surface area contributed by atoms with Gasteiger partial charge in [0.25, 0.3) is 0 Å². The Morgan fingerprint density at radius 3 is 3.00 bits per heavy atom. The maximum absolute atomic E-state index is 11.2. The number of carboxylic acids is 1. The van der Waals surface area contributed by atoms with Crippen molar-refractivity contribution in [1.29, 1.82) is 0 Å².